The van der Waals surface area contributed by atoms with Gasteiger partial charge in [0.2, 0.25) is 5.91 Å². The summed E-state index contributed by atoms with van der Waals surface area (Å²) in [4.78, 5) is 12.1. The minimum Gasteiger partial charge on any atom is -0.491 e. The molecule has 1 aliphatic carbocycles. The van der Waals surface area contributed by atoms with Gasteiger partial charge < -0.3 is 15.8 Å². The monoisotopic (exact) mass is 262 g/mol. The Kier molecular flexibility index (Phi) is 4.10. The van der Waals surface area contributed by atoms with E-state index in [2.05, 4.69) is 19.2 Å². The predicted octanol–water partition coefficient (Wildman–Crippen LogP) is 2.54. The van der Waals surface area contributed by atoms with Gasteiger partial charge in [-0.3, -0.25) is 4.79 Å². The summed E-state index contributed by atoms with van der Waals surface area (Å²) in [5, 5.41) is 2.89. The summed E-state index contributed by atoms with van der Waals surface area (Å²) in [5.41, 5.74) is 6.02. The van der Waals surface area contributed by atoms with E-state index < -0.39 is 5.54 Å². The quantitative estimate of drug-likeness (QED) is 0.857. The van der Waals surface area contributed by atoms with E-state index >= 15 is 0 Å². The van der Waals surface area contributed by atoms with E-state index in [9.17, 15) is 4.79 Å². The van der Waals surface area contributed by atoms with Gasteiger partial charge in [0, 0.05) is 0 Å². The first-order chi connectivity index (χ1) is 9.01. The predicted molar refractivity (Wildman–Crippen MR) is 76.2 cm³/mol. The molecule has 0 aliphatic heterocycles. The number of nitrogens with two attached hydrogens (primary N) is 1. The van der Waals surface area contributed by atoms with Crippen molar-refractivity contribution in [1.82, 2.24) is 0 Å². The van der Waals surface area contributed by atoms with Crippen LogP contribution in [0.15, 0.2) is 24.3 Å². The average Bonchev–Trinajstić information content (AvgIpc) is 2.34. The third-order valence-electron chi connectivity index (χ3n) is 3.41. The first-order valence-electron chi connectivity index (χ1n) is 6.83. The van der Waals surface area contributed by atoms with E-state index in [1.54, 1.807) is 0 Å². The van der Waals surface area contributed by atoms with Crippen molar-refractivity contribution in [3.8, 4) is 5.75 Å². The normalized spacial score (nSPS) is 16.8. The Hall–Kier alpha value is -1.55. The maximum atomic E-state index is 12.1. The molecule has 1 saturated carbocycles. The highest BCUT2D eigenvalue weighted by atomic mass is 16.5. The van der Waals surface area contributed by atoms with Crippen molar-refractivity contribution >= 4 is 11.6 Å². The molecule has 0 saturated heterocycles. The Morgan fingerprint density at radius 3 is 2.68 bits per heavy atom. The van der Waals surface area contributed by atoms with Gasteiger partial charge in [-0.2, -0.15) is 0 Å². The first-order valence-corrected chi connectivity index (χ1v) is 6.83. The number of hydrogen-bond acceptors (Lipinski definition) is 3. The van der Waals surface area contributed by atoms with Gasteiger partial charge in [-0.1, -0.05) is 26.0 Å². The highest BCUT2D eigenvalue weighted by Gasteiger charge is 2.40. The fourth-order valence-electron chi connectivity index (χ4n) is 1.98. The van der Waals surface area contributed by atoms with Crippen LogP contribution in [-0.2, 0) is 4.79 Å². The van der Waals surface area contributed by atoms with Crippen molar-refractivity contribution in [2.45, 2.75) is 38.6 Å². The van der Waals surface area contributed by atoms with Crippen LogP contribution in [0.25, 0.3) is 0 Å². The summed E-state index contributed by atoms with van der Waals surface area (Å²) in [5.74, 6) is 1.03. The minimum absolute atomic E-state index is 0.112. The second kappa shape index (κ2) is 5.61. The lowest BCUT2D eigenvalue weighted by Crippen LogP contribution is -2.56. The second-order valence-electron chi connectivity index (χ2n) is 5.66. The number of carbonyl (C=O) groups excluding carboxylic acids is 1. The van der Waals surface area contributed by atoms with Gasteiger partial charge >= 0.3 is 0 Å². The van der Waals surface area contributed by atoms with E-state index in [0.717, 1.165) is 19.3 Å². The number of carbonyl (C=O) groups is 1. The average molecular weight is 262 g/mol. The van der Waals surface area contributed by atoms with Crippen molar-refractivity contribution < 1.29 is 9.53 Å². The largest absolute Gasteiger partial charge is 0.491 e. The summed E-state index contributed by atoms with van der Waals surface area (Å²) in [7, 11) is 0. The molecule has 1 aliphatic rings. The molecule has 1 aromatic carbocycles. The number of nitrogens with one attached hydrogen (secondary N) is 1. The Balaban J connectivity index is 2.05. The molecule has 0 heterocycles. The Bertz CT molecular complexity index is 453. The summed E-state index contributed by atoms with van der Waals surface area (Å²) >= 11 is 0. The molecule has 0 radical (unpaired) electrons. The van der Waals surface area contributed by atoms with Gasteiger partial charge in [0.1, 0.15) is 5.75 Å². The molecule has 1 aromatic rings. The van der Waals surface area contributed by atoms with Crippen molar-refractivity contribution in [2.24, 2.45) is 11.7 Å². The maximum Gasteiger partial charge on any atom is 0.244 e. The molecule has 0 bridgehead atoms. The highest BCUT2D eigenvalue weighted by molar-refractivity contribution is 5.99. The van der Waals surface area contributed by atoms with Crippen molar-refractivity contribution in [3.63, 3.8) is 0 Å². The van der Waals surface area contributed by atoms with Gasteiger partial charge in [0.05, 0.1) is 17.8 Å². The third kappa shape index (κ3) is 3.26. The second-order valence-corrected chi connectivity index (χ2v) is 5.66. The Labute approximate surface area is 114 Å². The summed E-state index contributed by atoms with van der Waals surface area (Å²) < 4.78 is 5.71. The van der Waals surface area contributed by atoms with E-state index in [1.165, 1.54) is 0 Å². The van der Waals surface area contributed by atoms with Crippen LogP contribution in [0.4, 0.5) is 5.69 Å². The molecule has 2 rings (SSSR count). The van der Waals surface area contributed by atoms with Crippen LogP contribution in [0, 0.1) is 5.92 Å². The zero-order valence-corrected chi connectivity index (χ0v) is 11.6. The van der Waals surface area contributed by atoms with Gasteiger partial charge in [-0.25, -0.2) is 0 Å². The van der Waals surface area contributed by atoms with Gasteiger partial charge in [-0.05, 0) is 37.3 Å². The topological polar surface area (TPSA) is 64.3 Å². The van der Waals surface area contributed by atoms with Crippen LogP contribution >= 0.6 is 0 Å². The van der Waals surface area contributed by atoms with Crippen LogP contribution in [-0.4, -0.2) is 18.1 Å². The first kappa shape index (κ1) is 13.9. The van der Waals surface area contributed by atoms with E-state index in [-0.39, 0.29) is 5.91 Å². The molecule has 3 N–H and O–H groups in total. The fourth-order valence-corrected chi connectivity index (χ4v) is 1.98. The molecule has 1 fully saturated rings. The maximum absolute atomic E-state index is 12.1. The minimum atomic E-state index is -0.689. The van der Waals surface area contributed by atoms with Crippen LogP contribution in [0.1, 0.15) is 33.1 Å². The smallest absolute Gasteiger partial charge is 0.244 e. The lowest BCUT2D eigenvalue weighted by molar-refractivity contribution is -0.123. The van der Waals surface area contributed by atoms with Gasteiger partial charge in [-0.15, -0.1) is 0 Å². The fraction of sp³-hybridized carbons (Fsp3) is 0.533. The molecule has 19 heavy (non-hydrogen) atoms. The number of para-hydroxylation sites is 2. The van der Waals surface area contributed by atoms with E-state index in [4.69, 9.17) is 10.5 Å². The lowest BCUT2D eigenvalue weighted by atomic mass is 9.77. The van der Waals surface area contributed by atoms with Crippen LogP contribution in [0.2, 0.25) is 0 Å². The van der Waals surface area contributed by atoms with Crippen molar-refractivity contribution in [3.05, 3.63) is 24.3 Å². The molecule has 4 nitrogen and oxygen atoms in total. The van der Waals surface area contributed by atoms with Crippen molar-refractivity contribution in [1.29, 1.82) is 0 Å². The molecule has 1 amide bonds. The summed E-state index contributed by atoms with van der Waals surface area (Å²) in [6.07, 6.45) is 2.54. The standard InChI is InChI=1S/C15H22N2O2/c1-11(2)10-19-13-7-4-3-6-12(13)17-14(18)15(16)8-5-9-15/h3-4,6-7,11H,5,8-10,16H2,1-2H3,(H,17,18). The Morgan fingerprint density at radius 2 is 2.11 bits per heavy atom. The highest BCUT2D eigenvalue weighted by Crippen LogP contribution is 2.32. The Morgan fingerprint density at radius 1 is 1.42 bits per heavy atom. The third-order valence-corrected chi connectivity index (χ3v) is 3.41. The zero-order valence-electron chi connectivity index (χ0n) is 11.6. The molecular formula is C15H22N2O2. The number of ether oxygens (including phenoxy) is 1. The number of anilines is 1. The molecule has 4 heteroatoms. The molecule has 0 aromatic heterocycles. The summed E-state index contributed by atoms with van der Waals surface area (Å²) in [6.45, 7) is 4.80. The number of hydrogen-bond donors (Lipinski definition) is 2. The molecule has 0 spiro atoms. The number of amides is 1. The number of rotatable bonds is 5. The molecular weight excluding hydrogens is 240 g/mol. The summed E-state index contributed by atoms with van der Waals surface area (Å²) in [6, 6.07) is 7.48. The zero-order chi connectivity index (χ0) is 13.9. The van der Waals surface area contributed by atoms with Gasteiger partial charge in [0.15, 0.2) is 0 Å². The van der Waals surface area contributed by atoms with Crippen LogP contribution in [0.3, 0.4) is 0 Å². The molecule has 0 atom stereocenters. The number of benzene rings is 1. The van der Waals surface area contributed by atoms with E-state index in [0.29, 0.717) is 24.0 Å². The van der Waals surface area contributed by atoms with Crippen molar-refractivity contribution in [2.75, 3.05) is 11.9 Å². The van der Waals surface area contributed by atoms with E-state index in [1.807, 2.05) is 24.3 Å². The molecule has 104 valence electrons. The van der Waals surface area contributed by atoms with Crippen LogP contribution < -0.4 is 15.8 Å². The van der Waals surface area contributed by atoms with Gasteiger partial charge in [0.25, 0.3) is 0 Å². The lowest BCUT2D eigenvalue weighted by Gasteiger charge is -2.36. The molecule has 0 unspecified atom stereocenters. The van der Waals surface area contributed by atoms with Crippen LogP contribution in [0.5, 0.6) is 5.75 Å². The SMILES string of the molecule is CC(C)COc1ccccc1NC(=O)C1(N)CCC1.